The molecule has 0 saturated carbocycles. The van der Waals surface area contributed by atoms with Crippen LogP contribution in [-0.4, -0.2) is 48.1 Å². The lowest BCUT2D eigenvalue weighted by atomic mass is 10.2. The quantitative estimate of drug-likeness (QED) is 0.589. The Morgan fingerprint density at radius 3 is 2.76 bits per heavy atom. The van der Waals surface area contributed by atoms with Gasteiger partial charge >= 0.3 is 0 Å². The zero-order valence-electron chi connectivity index (χ0n) is 11.6. The zero-order valence-corrected chi connectivity index (χ0v) is 12.4. The molecule has 2 amide bonds. The molecule has 0 unspecified atom stereocenters. The number of hydrogen-bond acceptors (Lipinski definition) is 4. The van der Waals surface area contributed by atoms with Gasteiger partial charge in [0.05, 0.1) is 6.54 Å². The van der Waals surface area contributed by atoms with Crippen LogP contribution in [0.4, 0.5) is 4.39 Å². The second-order valence-corrected chi connectivity index (χ2v) is 5.46. The van der Waals surface area contributed by atoms with Gasteiger partial charge in [0.1, 0.15) is 5.82 Å². The number of hydrogen-bond donors (Lipinski definition) is 3. The van der Waals surface area contributed by atoms with Crippen LogP contribution >= 0.6 is 11.8 Å². The van der Waals surface area contributed by atoms with Gasteiger partial charge in [0, 0.05) is 24.5 Å². The van der Waals surface area contributed by atoms with E-state index in [1.807, 2.05) is 0 Å². The van der Waals surface area contributed by atoms with E-state index >= 15 is 0 Å². The second-order valence-electron chi connectivity index (χ2n) is 4.23. The summed E-state index contributed by atoms with van der Waals surface area (Å²) in [6, 6.07) is 5.28. The van der Waals surface area contributed by atoms with E-state index in [-0.39, 0.29) is 24.6 Å². The lowest BCUT2D eigenvalue weighted by Gasteiger charge is -2.07. The molecule has 1 aromatic carbocycles. The summed E-state index contributed by atoms with van der Waals surface area (Å²) in [5.74, 6) is 0.336. The summed E-state index contributed by atoms with van der Waals surface area (Å²) in [6.45, 7) is 0.535. The van der Waals surface area contributed by atoms with Crippen LogP contribution in [-0.2, 0) is 4.79 Å². The third-order valence-corrected chi connectivity index (χ3v) is 3.58. The van der Waals surface area contributed by atoms with Gasteiger partial charge in [-0.15, -0.1) is 0 Å². The van der Waals surface area contributed by atoms with Gasteiger partial charge in [-0.05, 0) is 30.4 Å². The molecular weight excluding hydrogens is 295 g/mol. The minimum atomic E-state index is -0.494. The van der Waals surface area contributed by atoms with Gasteiger partial charge in [-0.25, -0.2) is 4.39 Å². The summed E-state index contributed by atoms with van der Waals surface area (Å²) >= 11 is 1.64. The van der Waals surface area contributed by atoms with Crippen LogP contribution in [0.25, 0.3) is 0 Å². The highest BCUT2D eigenvalue weighted by atomic mass is 32.2. The Morgan fingerprint density at radius 1 is 1.24 bits per heavy atom. The molecule has 116 valence electrons. The number of benzene rings is 1. The van der Waals surface area contributed by atoms with Crippen molar-refractivity contribution < 1.29 is 19.1 Å². The van der Waals surface area contributed by atoms with Crippen molar-refractivity contribution in [3.05, 3.63) is 35.6 Å². The fourth-order valence-corrected chi connectivity index (χ4v) is 2.27. The summed E-state index contributed by atoms with van der Waals surface area (Å²) in [5, 5.41) is 13.7. The predicted molar refractivity (Wildman–Crippen MR) is 80.8 cm³/mol. The summed E-state index contributed by atoms with van der Waals surface area (Å²) < 4.78 is 12.9. The van der Waals surface area contributed by atoms with E-state index in [0.29, 0.717) is 6.54 Å². The highest BCUT2D eigenvalue weighted by Crippen LogP contribution is 2.03. The number of aliphatic hydroxyl groups excluding tert-OH is 1. The first-order valence-electron chi connectivity index (χ1n) is 6.62. The van der Waals surface area contributed by atoms with E-state index in [1.165, 1.54) is 18.2 Å². The van der Waals surface area contributed by atoms with Crippen LogP contribution < -0.4 is 10.6 Å². The molecule has 5 nitrogen and oxygen atoms in total. The summed E-state index contributed by atoms with van der Waals surface area (Å²) in [5.41, 5.74) is 0.183. The zero-order chi connectivity index (χ0) is 15.5. The maximum absolute atomic E-state index is 12.9. The Bertz CT molecular complexity index is 471. The Kier molecular flexibility index (Phi) is 8.45. The van der Waals surface area contributed by atoms with Crippen LogP contribution in [0.2, 0.25) is 0 Å². The molecule has 0 fully saturated rings. The minimum Gasteiger partial charge on any atom is -0.396 e. The van der Waals surface area contributed by atoms with Gasteiger partial charge in [-0.3, -0.25) is 9.59 Å². The lowest BCUT2D eigenvalue weighted by molar-refractivity contribution is -0.120. The molecule has 0 aliphatic rings. The fourth-order valence-electron chi connectivity index (χ4n) is 1.49. The van der Waals surface area contributed by atoms with Gasteiger partial charge < -0.3 is 15.7 Å². The maximum Gasteiger partial charge on any atom is 0.251 e. The van der Waals surface area contributed by atoms with Crippen molar-refractivity contribution in [2.75, 3.05) is 31.2 Å². The smallest absolute Gasteiger partial charge is 0.251 e. The van der Waals surface area contributed by atoms with E-state index in [4.69, 9.17) is 5.11 Å². The molecule has 0 saturated heterocycles. The highest BCUT2D eigenvalue weighted by molar-refractivity contribution is 7.99. The monoisotopic (exact) mass is 314 g/mol. The number of carbonyl (C=O) groups is 2. The highest BCUT2D eigenvalue weighted by Gasteiger charge is 2.08. The number of halogens is 1. The van der Waals surface area contributed by atoms with Gasteiger partial charge in [0.15, 0.2) is 0 Å². The first kappa shape index (κ1) is 17.5. The predicted octanol–water partition coefficient (Wildman–Crippen LogP) is 0.787. The van der Waals surface area contributed by atoms with Crippen molar-refractivity contribution in [1.29, 1.82) is 0 Å². The van der Waals surface area contributed by atoms with Crippen molar-refractivity contribution in [2.45, 2.75) is 6.42 Å². The second kappa shape index (κ2) is 10.2. The van der Waals surface area contributed by atoms with E-state index < -0.39 is 11.7 Å². The van der Waals surface area contributed by atoms with Crippen molar-refractivity contribution >= 4 is 23.6 Å². The van der Waals surface area contributed by atoms with Crippen LogP contribution in [0, 0.1) is 5.82 Å². The molecule has 0 atom stereocenters. The average molecular weight is 314 g/mol. The Balaban J connectivity index is 2.16. The molecule has 0 heterocycles. The molecule has 0 aromatic heterocycles. The molecular formula is C14H19FN2O3S. The molecule has 0 aliphatic carbocycles. The number of rotatable bonds is 9. The molecule has 1 rings (SSSR count). The van der Waals surface area contributed by atoms with E-state index in [1.54, 1.807) is 11.8 Å². The van der Waals surface area contributed by atoms with Crippen molar-refractivity contribution in [1.82, 2.24) is 10.6 Å². The molecule has 1 aromatic rings. The molecule has 0 radical (unpaired) electrons. The fraction of sp³-hybridized carbons (Fsp3) is 0.429. The first-order valence-corrected chi connectivity index (χ1v) is 7.78. The van der Waals surface area contributed by atoms with Crippen molar-refractivity contribution in [3.63, 3.8) is 0 Å². The number of carbonyl (C=O) groups excluding carboxylic acids is 2. The Hall–Kier alpha value is -1.60. The molecule has 0 bridgehead atoms. The normalized spacial score (nSPS) is 10.2. The maximum atomic E-state index is 12.9. The third-order valence-electron chi connectivity index (χ3n) is 2.51. The van der Waals surface area contributed by atoms with Gasteiger partial charge in [0.25, 0.3) is 5.91 Å². The number of amides is 2. The van der Waals surface area contributed by atoms with Crippen LogP contribution in [0.3, 0.4) is 0 Å². The first-order chi connectivity index (χ1) is 10.1. The van der Waals surface area contributed by atoms with Crippen LogP contribution in [0.1, 0.15) is 16.8 Å². The number of aliphatic hydroxyl groups is 1. The third kappa shape index (κ3) is 7.67. The van der Waals surface area contributed by atoms with Gasteiger partial charge in [-0.2, -0.15) is 11.8 Å². The average Bonchev–Trinajstić information content (AvgIpc) is 2.48. The molecule has 21 heavy (non-hydrogen) atoms. The SMILES string of the molecule is O=C(CNC(=O)c1cccc(F)c1)NCCSCCCO. The van der Waals surface area contributed by atoms with E-state index in [9.17, 15) is 14.0 Å². The summed E-state index contributed by atoms with van der Waals surface area (Å²) in [6.07, 6.45) is 0.738. The van der Waals surface area contributed by atoms with Crippen LogP contribution in [0.15, 0.2) is 24.3 Å². The van der Waals surface area contributed by atoms with Crippen LogP contribution in [0.5, 0.6) is 0 Å². The molecule has 0 spiro atoms. The summed E-state index contributed by atoms with van der Waals surface area (Å²) in [4.78, 5) is 23.1. The summed E-state index contributed by atoms with van der Waals surface area (Å²) in [7, 11) is 0. The molecule has 7 heteroatoms. The van der Waals surface area contributed by atoms with Crippen molar-refractivity contribution in [2.24, 2.45) is 0 Å². The Morgan fingerprint density at radius 2 is 2.05 bits per heavy atom. The van der Waals surface area contributed by atoms with Gasteiger partial charge in [0.2, 0.25) is 5.91 Å². The topological polar surface area (TPSA) is 78.4 Å². The Labute approximate surface area is 127 Å². The lowest BCUT2D eigenvalue weighted by Crippen LogP contribution is -2.37. The van der Waals surface area contributed by atoms with Gasteiger partial charge in [-0.1, -0.05) is 6.07 Å². The number of thioether (sulfide) groups is 1. The largest absolute Gasteiger partial charge is 0.396 e. The molecule has 0 aliphatic heterocycles. The minimum absolute atomic E-state index is 0.142. The molecule has 3 N–H and O–H groups in total. The van der Waals surface area contributed by atoms with E-state index in [2.05, 4.69) is 10.6 Å². The van der Waals surface area contributed by atoms with Crippen molar-refractivity contribution in [3.8, 4) is 0 Å². The number of nitrogens with one attached hydrogen (secondary N) is 2. The van der Waals surface area contributed by atoms with E-state index in [0.717, 1.165) is 24.0 Å². The standard InChI is InChI=1S/C14H19FN2O3S/c15-12-4-1-3-11(9-12)14(20)17-10-13(19)16-5-8-21-7-2-6-18/h1,3-4,9,18H,2,5-8,10H2,(H,16,19)(H,17,20).